The number of hydrogen-bond donors (Lipinski definition) is 2. The van der Waals surface area contributed by atoms with Crippen LogP contribution in [0, 0.1) is 0 Å². The number of carbonyl (C=O) groups is 1. The Balaban J connectivity index is 2.86. The molecule has 0 saturated carbocycles. The molecule has 1 atom stereocenters. The van der Waals surface area contributed by atoms with Crippen LogP contribution in [0.25, 0.3) is 0 Å². The lowest BCUT2D eigenvalue weighted by atomic mass is 10.2. The highest BCUT2D eigenvalue weighted by Gasteiger charge is 2.18. The zero-order valence-electron chi connectivity index (χ0n) is 10.5. The summed E-state index contributed by atoms with van der Waals surface area (Å²) in [5.41, 5.74) is 0.632. The van der Waals surface area contributed by atoms with Crippen molar-refractivity contribution in [3.05, 3.63) is 23.8 Å². The minimum Gasteiger partial charge on any atom is -0.496 e. The lowest BCUT2D eigenvalue weighted by Gasteiger charge is -2.15. The van der Waals surface area contributed by atoms with Crippen molar-refractivity contribution in [3.63, 3.8) is 0 Å². The van der Waals surface area contributed by atoms with Crippen LogP contribution in [0.15, 0.2) is 18.2 Å². The van der Waals surface area contributed by atoms with Gasteiger partial charge in [0, 0.05) is 11.6 Å². The van der Waals surface area contributed by atoms with Gasteiger partial charge < -0.3 is 19.7 Å². The molecule has 1 unspecified atom stereocenters. The fourth-order valence-corrected chi connectivity index (χ4v) is 1.59. The predicted molar refractivity (Wildman–Crippen MR) is 65.9 cm³/mol. The van der Waals surface area contributed by atoms with E-state index in [-0.39, 0.29) is 6.61 Å². The number of methoxy groups -OCH3 is 1. The van der Waals surface area contributed by atoms with E-state index >= 15 is 0 Å². The molecule has 0 heterocycles. The van der Waals surface area contributed by atoms with E-state index in [0.29, 0.717) is 23.5 Å². The first kappa shape index (κ1) is 14.3. The summed E-state index contributed by atoms with van der Waals surface area (Å²) in [4.78, 5) is 11.0. The van der Waals surface area contributed by atoms with E-state index < -0.39 is 12.1 Å². The van der Waals surface area contributed by atoms with Gasteiger partial charge >= 0.3 is 5.97 Å². The molecule has 18 heavy (non-hydrogen) atoms. The summed E-state index contributed by atoms with van der Waals surface area (Å²) in [6.07, 6.45) is 0.307. The Bertz CT molecular complexity index is 402. The zero-order valence-corrected chi connectivity index (χ0v) is 10.5. The lowest BCUT2D eigenvalue weighted by molar-refractivity contribution is -0.145. The fourth-order valence-electron chi connectivity index (χ4n) is 1.59. The molecule has 100 valence electrons. The molecule has 0 aliphatic rings. The smallest absolute Gasteiger partial charge is 0.344 e. The number of aliphatic carboxylic acids is 1. The Morgan fingerprint density at radius 2 is 2.17 bits per heavy atom. The van der Waals surface area contributed by atoms with Crippen molar-refractivity contribution in [1.82, 2.24) is 0 Å². The molecule has 0 fully saturated rings. The van der Waals surface area contributed by atoms with Crippen LogP contribution >= 0.6 is 0 Å². The number of aliphatic hydroxyl groups is 1. The maximum absolute atomic E-state index is 11.0. The highest BCUT2D eigenvalue weighted by Crippen LogP contribution is 2.25. The minimum atomic E-state index is -0.984. The molecular formula is C13H18O5. The topological polar surface area (TPSA) is 76.0 Å². The van der Waals surface area contributed by atoms with Crippen LogP contribution in [-0.2, 0) is 11.4 Å². The van der Waals surface area contributed by atoms with Crippen molar-refractivity contribution in [1.29, 1.82) is 0 Å². The number of benzene rings is 1. The van der Waals surface area contributed by atoms with Crippen LogP contribution in [0.2, 0.25) is 0 Å². The van der Waals surface area contributed by atoms with Gasteiger partial charge in [0.25, 0.3) is 0 Å². The summed E-state index contributed by atoms with van der Waals surface area (Å²) < 4.78 is 10.5. The Morgan fingerprint density at radius 1 is 1.44 bits per heavy atom. The van der Waals surface area contributed by atoms with E-state index in [9.17, 15) is 4.79 Å². The van der Waals surface area contributed by atoms with E-state index in [1.165, 1.54) is 7.11 Å². The molecule has 0 aliphatic heterocycles. The first-order valence-electron chi connectivity index (χ1n) is 5.79. The number of aliphatic hydroxyl groups excluding tert-OH is 1. The SMILES string of the molecule is CCCC(Oc1ccc(CO)c(OC)c1)C(=O)O. The standard InChI is InChI=1S/C13H18O5/c1-3-4-11(13(15)16)18-10-6-5-9(8-14)12(7-10)17-2/h5-7,11,14H,3-4,8H2,1-2H3,(H,15,16). The van der Waals surface area contributed by atoms with Crippen molar-refractivity contribution in [2.24, 2.45) is 0 Å². The highest BCUT2D eigenvalue weighted by atomic mass is 16.5. The van der Waals surface area contributed by atoms with Gasteiger partial charge in [-0.3, -0.25) is 0 Å². The Hall–Kier alpha value is -1.75. The van der Waals surface area contributed by atoms with Crippen molar-refractivity contribution in [2.45, 2.75) is 32.5 Å². The van der Waals surface area contributed by atoms with Crippen LogP contribution in [0.3, 0.4) is 0 Å². The first-order valence-corrected chi connectivity index (χ1v) is 5.79. The summed E-state index contributed by atoms with van der Waals surface area (Å²) in [6.45, 7) is 1.76. The van der Waals surface area contributed by atoms with Crippen LogP contribution in [-0.4, -0.2) is 29.4 Å². The Kier molecular flexibility index (Phi) is 5.45. The van der Waals surface area contributed by atoms with Gasteiger partial charge in [-0.1, -0.05) is 13.3 Å². The first-order chi connectivity index (χ1) is 8.62. The largest absolute Gasteiger partial charge is 0.496 e. The third-order valence-corrected chi connectivity index (χ3v) is 2.53. The number of ether oxygens (including phenoxy) is 2. The van der Waals surface area contributed by atoms with E-state index in [4.69, 9.17) is 19.7 Å². The zero-order chi connectivity index (χ0) is 13.5. The van der Waals surface area contributed by atoms with Gasteiger partial charge in [-0.05, 0) is 18.6 Å². The maximum Gasteiger partial charge on any atom is 0.344 e. The molecule has 0 spiro atoms. The normalized spacial score (nSPS) is 11.9. The molecule has 5 nitrogen and oxygen atoms in total. The van der Waals surface area contributed by atoms with Gasteiger partial charge in [-0.15, -0.1) is 0 Å². The molecule has 0 saturated heterocycles. The van der Waals surface area contributed by atoms with Crippen molar-refractivity contribution >= 4 is 5.97 Å². The van der Waals surface area contributed by atoms with Crippen LogP contribution < -0.4 is 9.47 Å². The van der Waals surface area contributed by atoms with Crippen molar-refractivity contribution in [2.75, 3.05) is 7.11 Å². The van der Waals surface area contributed by atoms with Gasteiger partial charge in [0.2, 0.25) is 0 Å². The molecule has 0 aliphatic carbocycles. The molecule has 1 rings (SSSR count). The quantitative estimate of drug-likeness (QED) is 0.776. The number of carboxylic acids is 1. The van der Waals surface area contributed by atoms with Crippen molar-refractivity contribution in [3.8, 4) is 11.5 Å². The van der Waals surface area contributed by atoms with Gasteiger partial charge in [-0.2, -0.15) is 0 Å². The summed E-state index contributed by atoms with van der Waals surface area (Å²) in [5.74, 6) is -0.0809. The van der Waals surface area contributed by atoms with Crippen LogP contribution in [0.4, 0.5) is 0 Å². The second-order valence-electron chi connectivity index (χ2n) is 3.87. The second kappa shape index (κ2) is 6.86. The molecule has 0 aromatic heterocycles. The Morgan fingerprint density at radius 3 is 2.67 bits per heavy atom. The van der Waals surface area contributed by atoms with Crippen LogP contribution in [0.1, 0.15) is 25.3 Å². The van der Waals surface area contributed by atoms with Gasteiger partial charge in [0.1, 0.15) is 11.5 Å². The minimum absolute atomic E-state index is 0.138. The van der Waals surface area contributed by atoms with Gasteiger partial charge in [0.15, 0.2) is 6.10 Å². The molecular weight excluding hydrogens is 236 g/mol. The lowest BCUT2D eigenvalue weighted by Crippen LogP contribution is -2.26. The highest BCUT2D eigenvalue weighted by molar-refractivity contribution is 5.72. The number of hydrogen-bond acceptors (Lipinski definition) is 4. The maximum atomic E-state index is 11.0. The molecule has 1 aromatic carbocycles. The van der Waals surface area contributed by atoms with Crippen LogP contribution in [0.5, 0.6) is 11.5 Å². The average Bonchev–Trinajstić information content (AvgIpc) is 2.37. The summed E-state index contributed by atoms with van der Waals surface area (Å²) in [5, 5.41) is 18.1. The fraction of sp³-hybridized carbons (Fsp3) is 0.462. The van der Waals surface area contributed by atoms with Gasteiger partial charge in [-0.25, -0.2) is 4.79 Å². The Labute approximate surface area is 106 Å². The van der Waals surface area contributed by atoms with Gasteiger partial charge in [0.05, 0.1) is 13.7 Å². The third-order valence-electron chi connectivity index (χ3n) is 2.53. The monoisotopic (exact) mass is 254 g/mol. The average molecular weight is 254 g/mol. The van der Waals surface area contributed by atoms with E-state index in [1.54, 1.807) is 18.2 Å². The molecule has 0 amide bonds. The summed E-state index contributed by atoms with van der Waals surface area (Å²) in [6, 6.07) is 4.86. The molecule has 0 bridgehead atoms. The van der Waals surface area contributed by atoms with E-state index in [2.05, 4.69) is 0 Å². The van der Waals surface area contributed by atoms with E-state index in [1.807, 2.05) is 6.92 Å². The van der Waals surface area contributed by atoms with E-state index in [0.717, 1.165) is 6.42 Å². The molecule has 5 heteroatoms. The summed E-state index contributed by atoms with van der Waals surface area (Å²) >= 11 is 0. The third kappa shape index (κ3) is 3.63. The molecule has 0 radical (unpaired) electrons. The number of carboxylic acid groups (broad SMARTS) is 1. The summed E-state index contributed by atoms with van der Waals surface area (Å²) in [7, 11) is 1.49. The molecule has 2 N–H and O–H groups in total. The second-order valence-corrected chi connectivity index (χ2v) is 3.87. The number of rotatable bonds is 7. The van der Waals surface area contributed by atoms with Crippen molar-refractivity contribution < 1.29 is 24.5 Å². The predicted octanol–water partition coefficient (Wildman–Crippen LogP) is 1.82. The molecule has 1 aromatic rings.